The Morgan fingerprint density at radius 1 is 1.37 bits per heavy atom. The first kappa shape index (κ1) is 13.1. The van der Waals surface area contributed by atoms with Crippen molar-refractivity contribution in [1.82, 2.24) is 0 Å². The molecule has 0 aliphatic carbocycles. The summed E-state index contributed by atoms with van der Waals surface area (Å²) in [6.07, 6.45) is 3.40. The SMILES string of the molecule is CCCCO[C@@H]1C[C@H](C)c2c(oc3ccccc23)S1. The third-order valence-electron chi connectivity index (χ3n) is 3.68. The molecule has 1 aromatic heterocycles. The van der Waals surface area contributed by atoms with Gasteiger partial charge < -0.3 is 9.15 Å². The lowest BCUT2D eigenvalue weighted by molar-refractivity contribution is 0.0974. The van der Waals surface area contributed by atoms with Crippen LogP contribution in [0.2, 0.25) is 0 Å². The number of hydrogen-bond acceptors (Lipinski definition) is 3. The first-order valence-corrected chi connectivity index (χ1v) is 7.97. The van der Waals surface area contributed by atoms with Crippen molar-refractivity contribution in [2.75, 3.05) is 6.61 Å². The minimum absolute atomic E-state index is 0.245. The molecule has 1 aliphatic heterocycles. The van der Waals surface area contributed by atoms with Crippen LogP contribution in [0.4, 0.5) is 0 Å². The van der Waals surface area contributed by atoms with E-state index in [1.165, 1.54) is 17.4 Å². The normalized spacial score (nSPS) is 22.6. The molecule has 1 aliphatic rings. The number of hydrogen-bond donors (Lipinski definition) is 0. The molecule has 3 rings (SSSR count). The second-order valence-corrected chi connectivity index (χ2v) is 6.34. The number of thioether (sulfide) groups is 1. The molecule has 0 unspecified atom stereocenters. The minimum atomic E-state index is 0.245. The van der Waals surface area contributed by atoms with Gasteiger partial charge in [-0.05, 0) is 24.8 Å². The molecule has 0 amide bonds. The van der Waals surface area contributed by atoms with Crippen molar-refractivity contribution >= 4 is 22.7 Å². The number of ether oxygens (including phenoxy) is 1. The maximum absolute atomic E-state index is 5.98. The topological polar surface area (TPSA) is 22.4 Å². The molecular formula is C16H20O2S. The van der Waals surface area contributed by atoms with Crippen LogP contribution in [0.1, 0.15) is 44.6 Å². The van der Waals surface area contributed by atoms with Gasteiger partial charge in [0.25, 0.3) is 0 Å². The molecule has 1 aromatic carbocycles. The van der Waals surface area contributed by atoms with Crippen LogP contribution in [0.5, 0.6) is 0 Å². The molecule has 0 fully saturated rings. The van der Waals surface area contributed by atoms with E-state index in [1.807, 2.05) is 12.1 Å². The number of benzene rings is 1. The summed E-state index contributed by atoms with van der Waals surface area (Å²) in [4.78, 5) is 0. The smallest absolute Gasteiger partial charge is 0.167 e. The van der Waals surface area contributed by atoms with Crippen LogP contribution in [0, 0.1) is 0 Å². The van der Waals surface area contributed by atoms with E-state index in [0.717, 1.165) is 30.1 Å². The lowest BCUT2D eigenvalue weighted by Crippen LogP contribution is -2.17. The predicted octanol–water partition coefficient (Wildman–Crippen LogP) is 5.17. The van der Waals surface area contributed by atoms with Gasteiger partial charge in [0.1, 0.15) is 11.0 Å². The third-order valence-corrected chi connectivity index (χ3v) is 4.79. The van der Waals surface area contributed by atoms with Gasteiger partial charge in [0.2, 0.25) is 0 Å². The van der Waals surface area contributed by atoms with Gasteiger partial charge in [-0.1, -0.05) is 50.2 Å². The van der Waals surface area contributed by atoms with Gasteiger partial charge in [-0.25, -0.2) is 0 Å². The van der Waals surface area contributed by atoms with Gasteiger partial charge in [-0.2, -0.15) is 0 Å². The van der Waals surface area contributed by atoms with Gasteiger partial charge in [-0.15, -0.1) is 0 Å². The standard InChI is InChI=1S/C16H20O2S/c1-3-4-9-17-14-10-11(2)15-12-7-5-6-8-13(12)18-16(15)19-14/h5-8,11,14H,3-4,9-10H2,1-2H3/t11-,14-/m0/s1. The fraction of sp³-hybridized carbons (Fsp3) is 0.500. The van der Waals surface area contributed by atoms with E-state index in [2.05, 4.69) is 26.0 Å². The average molecular weight is 276 g/mol. The number of para-hydroxylation sites is 1. The summed E-state index contributed by atoms with van der Waals surface area (Å²) in [6.45, 7) is 5.32. The highest BCUT2D eigenvalue weighted by Gasteiger charge is 2.30. The third kappa shape index (κ3) is 2.54. The molecule has 2 heterocycles. The Bertz CT molecular complexity index is 561. The summed E-state index contributed by atoms with van der Waals surface area (Å²) in [5.74, 6) is 0.506. The summed E-state index contributed by atoms with van der Waals surface area (Å²) in [5.41, 5.74) is 2.62. The summed E-state index contributed by atoms with van der Waals surface area (Å²) in [5, 5.41) is 2.32. The first-order chi connectivity index (χ1) is 9.29. The highest BCUT2D eigenvalue weighted by Crippen LogP contribution is 2.47. The zero-order valence-corrected chi connectivity index (χ0v) is 12.3. The number of furan rings is 1. The molecule has 102 valence electrons. The molecule has 0 radical (unpaired) electrons. The highest BCUT2D eigenvalue weighted by molar-refractivity contribution is 7.99. The minimum Gasteiger partial charge on any atom is -0.449 e. The van der Waals surface area contributed by atoms with Gasteiger partial charge >= 0.3 is 0 Å². The van der Waals surface area contributed by atoms with Crippen LogP contribution in [0.3, 0.4) is 0 Å². The van der Waals surface area contributed by atoms with Crippen LogP contribution in [0.25, 0.3) is 11.0 Å². The van der Waals surface area contributed by atoms with Gasteiger partial charge in [0.15, 0.2) is 5.09 Å². The Hall–Kier alpha value is -0.930. The Balaban J connectivity index is 1.84. The monoisotopic (exact) mass is 276 g/mol. The summed E-state index contributed by atoms with van der Waals surface area (Å²) in [7, 11) is 0. The lowest BCUT2D eigenvalue weighted by Gasteiger charge is -2.25. The number of unbranched alkanes of at least 4 members (excludes halogenated alkanes) is 1. The fourth-order valence-electron chi connectivity index (χ4n) is 2.63. The van der Waals surface area contributed by atoms with E-state index >= 15 is 0 Å². The van der Waals surface area contributed by atoms with Crippen LogP contribution < -0.4 is 0 Å². The van der Waals surface area contributed by atoms with Crippen LogP contribution in [0.15, 0.2) is 33.8 Å². The highest BCUT2D eigenvalue weighted by atomic mass is 32.2. The number of fused-ring (bicyclic) bond motifs is 3. The Kier molecular flexibility index (Phi) is 3.85. The largest absolute Gasteiger partial charge is 0.449 e. The average Bonchev–Trinajstić information content (AvgIpc) is 2.77. The van der Waals surface area contributed by atoms with Crippen molar-refractivity contribution in [1.29, 1.82) is 0 Å². The first-order valence-electron chi connectivity index (χ1n) is 7.09. The van der Waals surface area contributed by atoms with E-state index in [4.69, 9.17) is 9.15 Å². The molecule has 0 saturated carbocycles. The number of rotatable bonds is 4. The second-order valence-electron chi connectivity index (χ2n) is 5.21. The summed E-state index contributed by atoms with van der Waals surface area (Å²) >= 11 is 1.75. The van der Waals surface area contributed by atoms with Crippen molar-refractivity contribution < 1.29 is 9.15 Å². The van der Waals surface area contributed by atoms with Crippen molar-refractivity contribution in [2.45, 2.75) is 49.6 Å². The Morgan fingerprint density at radius 2 is 2.21 bits per heavy atom. The van der Waals surface area contributed by atoms with Gasteiger partial charge in [0, 0.05) is 17.6 Å². The van der Waals surface area contributed by atoms with E-state index < -0.39 is 0 Å². The Labute approximate surface area is 118 Å². The van der Waals surface area contributed by atoms with Crippen LogP contribution in [-0.2, 0) is 4.74 Å². The van der Waals surface area contributed by atoms with E-state index in [1.54, 1.807) is 11.8 Å². The van der Waals surface area contributed by atoms with E-state index in [0.29, 0.717) is 5.92 Å². The van der Waals surface area contributed by atoms with Crippen LogP contribution >= 0.6 is 11.8 Å². The second kappa shape index (κ2) is 5.59. The molecule has 3 heteroatoms. The lowest BCUT2D eigenvalue weighted by atomic mass is 9.97. The predicted molar refractivity (Wildman–Crippen MR) is 79.8 cm³/mol. The fourth-order valence-corrected chi connectivity index (χ4v) is 4.00. The summed E-state index contributed by atoms with van der Waals surface area (Å²) < 4.78 is 11.9. The quantitative estimate of drug-likeness (QED) is 0.719. The Morgan fingerprint density at radius 3 is 3.05 bits per heavy atom. The molecule has 0 spiro atoms. The molecule has 0 bridgehead atoms. The molecule has 2 aromatic rings. The van der Waals surface area contributed by atoms with Crippen molar-refractivity contribution in [3.05, 3.63) is 29.8 Å². The van der Waals surface area contributed by atoms with Crippen molar-refractivity contribution in [3.8, 4) is 0 Å². The maximum atomic E-state index is 5.98. The van der Waals surface area contributed by atoms with E-state index in [9.17, 15) is 0 Å². The van der Waals surface area contributed by atoms with Gasteiger partial charge in [-0.3, -0.25) is 0 Å². The zero-order chi connectivity index (χ0) is 13.2. The summed E-state index contributed by atoms with van der Waals surface area (Å²) in [6, 6.07) is 8.32. The maximum Gasteiger partial charge on any atom is 0.167 e. The van der Waals surface area contributed by atoms with E-state index in [-0.39, 0.29) is 5.44 Å². The molecule has 0 saturated heterocycles. The van der Waals surface area contributed by atoms with Gasteiger partial charge in [0.05, 0.1) is 0 Å². The molecule has 19 heavy (non-hydrogen) atoms. The molecular weight excluding hydrogens is 256 g/mol. The van der Waals surface area contributed by atoms with Crippen LogP contribution in [-0.4, -0.2) is 12.0 Å². The molecule has 2 atom stereocenters. The van der Waals surface area contributed by atoms with Crippen molar-refractivity contribution in [2.24, 2.45) is 0 Å². The molecule has 2 nitrogen and oxygen atoms in total. The van der Waals surface area contributed by atoms with Crippen molar-refractivity contribution in [3.63, 3.8) is 0 Å². The molecule has 0 N–H and O–H groups in total. The zero-order valence-electron chi connectivity index (χ0n) is 11.5.